The molecule has 0 aliphatic heterocycles. The zero-order valence-electron chi connectivity index (χ0n) is 21.7. The summed E-state index contributed by atoms with van der Waals surface area (Å²) in [6, 6.07) is 0. The van der Waals surface area contributed by atoms with Crippen LogP contribution in [0.15, 0.2) is 11.6 Å². The van der Waals surface area contributed by atoms with Gasteiger partial charge < -0.3 is 14.9 Å². The molecule has 9 atom stereocenters. The van der Waals surface area contributed by atoms with Gasteiger partial charge in [0.05, 0.1) is 12.2 Å². The van der Waals surface area contributed by atoms with Gasteiger partial charge in [0.1, 0.15) is 6.61 Å². The van der Waals surface area contributed by atoms with E-state index in [0.717, 1.165) is 37.0 Å². The van der Waals surface area contributed by atoms with Crippen LogP contribution in [0.1, 0.15) is 98.8 Å². The molecule has 0 aromatic rings. The molecule has 0 radical (unpaired) electrons. The summed E-state index contributed by atoms with van der Waals surface area (Å²) in [5.74, 6) is 2.96. The maximum atomic E-state index is 11.4. The van der Waals surface area contributed by atoms with Gasteiger partial charge in [0.25, 0.3) is 0 Å². The summed E-state index contributed by atoms with van der Waals surface area (Å²) in [5.41, 5.74) is 1.80. The van der Waals surface area contributed by atoms with Crippen LogP contribution in [0, 0.1) is 46.3 Å². The Labute approximate surface area is 201 Å². The molecule has 4 heteroatoms. The molecule has 0 spiro atoms. The summed E-state index contributed by atoms with van der Waals surface area (Å²) in [5, 5.41) is 19.7. The molecular formula is C29H48O4. The molecule has 0 aromatic heterocycles. The van der Waals surface area contributed by atoms with Gasteiger partial charge in [0.2, 0.25) is 0 Å². The second-order valence-electron chi connectivity index (χ2n) is 13.0. The fourth-order valence-corrected chi connectivity index (χ4v) is 8.95. The third kappa shape index (κ3) is 4.68. The van der Waals surface area contributed by atoms with Crippen molar-refractivity contribution in [2.24, 2.45) is 46.3 Å². The second kappa shape index (κ2) is 9.64. The normalized spacial score (nSPS) is 43.4. The summed E-state index contributed by atoms with van der Waals surface area (Å²) in [6.07, 6.45) is 13.6. The zero-order valence-corrected chi connectivity index (χ0v) is 21.7. The topological polar surface area (TPSA) is 66.8 Å². The number of carbonyl (C=O) groups is 1. The van der Waals surface area contributed by atoms with E-state index in [1.165, 1.54) is 50.5 Å². The zero-order chi connectivity index (χ0) is 24.0. The molecule has 0 saturated heterocycles. The molecule has 0 bridgehead atoms. The number of hydrogen-bond donors (Lipinski definition) is 2. The number of aliphatic hydroxyl groups excluding tert-OH is 1. The van der Waals surface area contributed by atoms with E-state index < -0.39 is 5.97 Å². The van der Waals surface area contributed by atoms with Gasteiger partial charge in [-0.25, -0.2) is 4.79 Å². The first-order valence-electron chi connectivity index (χ1n) is 13.8. The standard InChI is InChI=1S/C29H48O4/c1-18(2)7-6-8-19(3)22-9-10-23-27-24(12-14-29(22,23)5)28(4)13-11-21(30)15-20(28)16-25(27)33-17-26(31)32/h16,18-19,21-25,27,30H,6-15,17H2,1-5H3,(H,31,32)/t19-,21+,22-,23+,24+,25-,27+,28+,29-/m1/s1. The Morgan fingerprint density at radius 2 is 1.85 bits per heavy atom. The minimum Gasteiger partial charge on any atom is -0.480 e. The van der Waals surface area contributed by atoms with E-state index >= 15 is 0 Å². The van der Waals surface area contributed by atoms with Crippen LogP contribution < -0.4 is 0 Å². The summed E-state index contributed by atoms with van der Waals surface area (Å²) in [4.78, 5) is 11.4. The van der Waals surface area contributed by atoms with Crippen LogP contribution in [0.25, 0.3) is 0 Å². The Hall–Kier alpha value is -0.870. The summed E-state index contributed by atoms with van der Waals surface area (Å²) < 4.78 is 6.13. The fourth-order valence-electron chi connectivity index (χ4n) is 8.95. The number of rotatable bonds is 8. The first-order valence-corrected chi connectivity index (χ1v) is 13.8. The Morgan fingerprint density at radius 1 is 1.09 bits per heavy atom. The van der Waals surface area contributed by atoms with E-state index in [2.05, 4.69) is 40.7 Å². The van der Waals surface area contributed by atoms with Gasteiger partial charge in [-0.3, -0.25) is 0 Å². The van der Waals surface area contributed by atoms with Crippen LogP contribution in [-0.2, 0) is 9.53 Å². The lowest BCUT2D eigenvalue weighted by molar-refractivity contribution is -0.151. The van der Waals surface area contributed by atoms with Crippen molar-refractivity contribution in [1.82, 2.24) is 0 Å². The van der Waals surface area contributed by atoms with Crippen LogP contribution in [0.5, 0.6) is 0 Å². The number of fused-ring (bicyclic) bond motifs is 5. The molecule has 0 amide bonds. The number of carboxylic acids is 1. The van der Waals surface area contributed by atoms with E-state index in [1.807, 2.05) is 0 Å². The molecule has 3 saturated carbocycles. The van der Waals surface area contributed by atoms with Gasteiger partial charge in [-0.1, -0.05) is 65.5 Å². The van der Waals surface area contributed by atoms with Crippen molar-refractivity contribution < 1.29 is 19.7 Å². The minimum absolute atomic E-state index is 0.126. The number of carboxylic acid groups (broad SMARTS) is 1. The third-order valence-electron chi connectivity index (χ3n) is 10.7. The molecule has 4 aliphatic carbocycles. The molecule has 4 aliphatic rings. The maximum Gasteiger partial charge on any atom is 0.329 e. The van der Waals surface area contributed by atoms with Gasteiger partial charge in [0.15, 0.2) is 0 Å². The van der Waals surface area contributed by atoms with E-state index in [1.54, 1.807) is 0 Å². The van der Waals surface area contributed by atoms with Crippen LogP contribution in [0.4, 0.5) is 0 Å². The van der Waals surface area contributed by atoms with Gasteiger partial charge in [-0.15, -0.1) is 0 Å². The summed E-state index contributed by atoms with van der Waals surface area (Å²) in [7, 11) is 0. The van der Waals surface area contributed by atoms with Gasteiger partial charge >= 0.3 is 5.97 Å². The highest BCUT2D eigenvalue weighted by Gasteiger charge is 2.61. The molecule has 2 N–H and O–H groups in total. The quantitative estimate of drug-likeness (QED) is 0.407. The average Bonchev–Trinajstić information content (AvgIpc) is 3.09. The van der Waals surface area contributed by atoms with Crippen molar-refractivity contribution in [1.29, 1.82) is 0 Å². The van der Waals surface area contributed by atoms with Crippen molar-refractivity contribution >= 4 is 5.97 Å². The minimum atomic E-state index is -0.886. The molecule has 4 nitrogen and oxygen atoms in total. The van der Waals surface area contributed by atoms with Crippen LogP contribution in [0.2, 0.25) is 0 Å². The molecule has 4 rings (SSSR count). The van der Waals surface area contributed by atoms with E-state index in [9.17, 15) is 15.0 Å². The molecule has 0 unspecified atom stereocenters. The first-order chi connectivity index (χ1) is 15.6. The lowest BCUT2D eigenvalue weighted by atomic mass is 9.46. The molecule has 3 fully saturated rings. The van der Waals surface area contributed by atoms with Crippen molar-refractivity contribution in [3.8, 4) is 0 Å². The Balaban J connectivity index is 1.60. The summed E-state index contributed by atoms with van der Waals surface area (Å²) in [6.45, 7) is 11.9. The monoisotopic (exact) mass is 460 g/mol. The van der Waals surface area contributed by atoms with Crippen LogP contribution in [-0.4, -0.2) is 35.0 Å². The van der Waals surface area contributed by atoms with Gasteiger partial charge in [-0.2, -0.15) is 0 Å². The SMILES string of the molecule is CC(C)CCC[C@@H](C)[C@H]1CC[C@H]2[C@@H]3[C@H](OCC(=O)O)C=C4C[C@@H](O)CC[C@]4(C)[C@H]3CC[C@]12C. The lowest BCUT2D eigenvalue weighted by Gasteiger charge is -2.60. The lowest BCUT2D eigenvalue weighted by Crippen LogP contribution is -2.55. The number of hydrogen-bond acceptors (Lipinski definition) is 3. The van der Waals surface area contributed by atoms with E-state index in [-0.39, 0.29) is 24.2 Å². The Bertz CT molecular complexity index is 744. The molecule has 0 heterocycles. The van der Waals surface area contributed by atoms with Crippen LogP contribution in [0.3, 0.4) is 0 Å². The highest BCUT2D eigenvalue weighted by atomic mass is 16.5. The predicted molar refractivity (Wildman–Crippen MR) is 132 cm³/mol. The van der Waals surface area contributed by atoms with Gasteiger partial charge in [0, 0.05) is 0 Å². The smallest absolute Gasteiger partial charge is 0.329 e. The molecule has 188 valence electrons. The number of aliphatic carboxylic acids is 1. The largest absolute Gasteiger partial charge is 0.480 e. The van der Waals surface area contributed by atoms with Crippen molar-refractivity contribution in [3.05, 3.63) is 11.6 Å². The third-order valence-corrected chi connectivity index (χ3v) is 10.7. The predicted octanol–water partition coefficient (Wildman–Crippen LogP) is 6.47. The van der Waals surface area contributed by atoms with Crippen molar-refractivity contribution in [2.75, 3.05) is 6.61 Å². The first kappa shape index (κ1) is 25.2. The van der Waals surface area contributed by atoms with Crippen molar-refractivity contribution in [2.45, 2.75) is 111 Å². The van der Waals surface area contributed by atoms with E-state index in [0.29, 0.717) is 23.2 Å². The Kier molecular flexibility index (Phi) is 7.37. The van der Waals surface area contributed by atoms with E-state index in [4.69, 9.17) is 4.74 Å². The number of aliphatic hydroxyl groups is 1. The van der Waals surface area contributed by atoms with Crippen LogP contribution >= 0.6 is 0 Å². The summed E-state index contributed by atoms with van der Waals surface area (Å²) >= 11 is 0. The highest BCUT2D eigenvalue weighted by molar-refractivity contribution is 5.68. The highest BCUT2D eigenvalue weighted by Crippen LogP contribution is 2.67. The maximum absolute atomic E-state index is 11.4. The van der Waals surface area contributed by atoms with Crippen molar-refractivity contribution in [3.63, 3.8) is 0 Å². The average molecular weight is 461 g/mol. The van der Waals surface area contributed by atoms with Gasteiger partial charge in [-0.05, 0) is 91.3 Å². The molecule has 33 heavy (non-hydrogen) atoms. The second-order valence-corrected chi connectivity index (χ2v) is 13.0. The Morgan fingerprint density at radius 3 is 2.55 bits per heavy atom. The fraction of sp³-hybridized carbons (Fsp3) is 0.897. The number of ether oxygens (including phenoxy) is 1. The molecule has 0 aromatic carbocycles. The molecular weight excluding hydrogens is 412 g/mol.